The van der Waals surface area contributed by atoms with Crippen molar-refractivity contribution in [1.29, 1.82) is 0 Å². The Hall–Kier alpha value is -1.11. The molecular formula is C10H15N. The van der Waals surface area contributed by atoms with Crippen LogP contribution in [0.4, 0.5) is 0 Å². The second-order valence-corrected chi connectivity index (χ2v) is 2.44. The molecule has 0 radical (unpaired) electrons. The summed E-state index contributed by atoms with van der Waals surface area (Å²) in [4.78, 5) is 4.15. The van der Waals surface area contributed by atoms with E-state index in [9.17, 15) is 0 Å². The van der Waals surface area contributed by atoms with Crippen LogP contribution in [0.25, 0.3) is 0 Å². The Morgan fingerprint density at radius 1 is 1.36 bits per heavy atom. The van der Waals surface area contributed by atoms with Gasteiger partial charge in [-0.1, -0.05) is 18.7 Å². The average Bonchev–Trinajstić information content (AvgIpc) is 1.97. The zero-order valence-corrected chi connectivity index (χ0v) is 7.46. The maximum absolute atomic E-state index is 4.15. The molecule has 0 N–H and O–H groups in total. The van der Waals surface area contributed by atoms with Crippen molar-refractivity contribution in [3.63, 3.8) is 0 Å². The van der Waals surface area contributed by atoms with E-state index in [1.54, 1.807) is 6.21 Å². The SMILES string of the molecule is C=C(C)C=N/C(C)=C/C=C\C. The largest absolute Gasteiger partial charge is 0.261 e. The summed E-state index contributed by atoms with van der Waals surface area (Å²) in [7, 11) is 0. The number of aliphatic imine (C=N–C) groups is 1. The van der Waals surface area contributed by atoms with Crippen molar-refractivity contribution in [3.8, 4) is 0 Å². The minimum Gasteiger partial charge on any atom is -0.261 e. The van der Waals surface area contributed by atoms with E-state index in [0.29, 0.717) is 0 Å². The summed E-state index contributed by atoms with van der Waals surface area (Å²) < 4.78 is 0. The highest BCUT2D eigenvalue weighted by Gasteiger charge is 1.78. The van der Waals surface area contributed by atoms with Crippen LogP contribution in [0.5, 0.6) is 0 Å². The van der Waals surface area contributed by atoms with Crippen molar-refractivity contribution >= 4 is 6.21 Å². The maximum Gasteiger partial charge on any atom is 0.0372 e. The van der Waals surface area contributed by atoms with Crippen LogP contribution in [-0.2, 0) is 0 Å². The molecule has 0 aromatic heterocycles. The number of rotatable bonds is 3. The Morgan fingerprint density at radius 3 is 2.45 bits per heavy atom. The zero-order chi connectivity index (χ0) is 8.69. The summed E-state index contributed by atoms with van der Waals surface area (Å²) >= 11 is 0. The fraction of sp³-hybridized carbons (Fsp3) is 0.300. The van der Waals surface area contributed by atoms with E-state index in [1.165, 1.54) is 0 Å². The third kappa shape index (κ3) is 6.78. The third-order valence-corrected chi connectivity index (χ3v) is 1.02. The lowest BCUT2D eigenvalue weighted by Gasteiger charge is -1.88. The van der Waals surface area contributed by atoms with Crippen LogP contribution >= 0.6 is 0 Å². The van der Waals surface area contributed by atoms with E-state index in [4.69, 9.17) is 0 Å². The fourth-order valence-electron chi connectivity index (χ4n) is 0.491. The second-order valence-electron chi connectivity index (χ2n) is 2.44. The van der Waals surface area contributed by atoms with Gasteiger partial charge in [0.2, 0.25) is 0 Å². The van der Waals surface area contributed by atoms with Crippen LogP contribution in [0, 0.1) is 0 Å². The van der Waals surface area contributed by atoms with Gasteiger partial charge >= 0.3 is 0 Å². The summed E-state index contributed by atoms with van der Waals surface area (Å²) in [5.41, 5.74) is 1.96. The van der Waals surface area contributed by atoms with Gasteiger partial charge in [0.1, 0.15) is 0 Å². The third-order valence-electron chi connectivity index (χ3n) is 1.02. The molecule has 0 bridgehead atoms. The molecule has 0 aromatic carbocycles. The van der Waals surface area contributed by atoms with E-state index in [-0.39, 0.29) is 0 Å². The summed E-state index contributed by atoms with van der Waals surface area (Å²) in [6.07, 6.45) is 7.65. The summed E-state index contributed by atoms with van der Waals surface area (Å²) in [6, 6.07) is 0. The smallest absolute Gasteiger partial charge is 0.0372 e. The topological polar surface area (TPSA) is 12.4 Å². The van der Waals surface area contributed by atoms with Crippen LogP contribution in [0.3, 0.4) is 0 Å². The van der Waals surface area contributed by atoms with Crippen molar-refractivity contribution in [3.05, 3.63) is 36.1 Å². The lowest BCUT2D eigenvalue weighted by atomic mass is 10.3. The summed E-state index contributed by atoms with van der Waals surface area (Å²) in [5, 5.41) is 0. The molecule has 0 aliphatic heterocycles. The van der Waals surface area contributed by atoms with Crippen LogP contribution in [0.1, 0.15) is 20.8 Å². The lowest BCUT2D eigenvalue weighted by molar-refractivity contribution is 1.31. The molecule has 0 saturated carbocycles. The van der Waals surface area contributed by atoms with Crippen molar-refractivity contribution in [1.82, 2.24) is 0 Å². The highest BCUT2D eigenvalue weighted by atomic mass is 14.7. The molecular weight excluding hydrogens is 134 g/mol. The minimum absolute atomic E-state index is 0.971. The first-order chi connectivity index (χ1) is 5.16. The molecule has 0 aliphatic rings. The monoisotopic (exact) mass is 149 g/mol. The minimum atomic E-state index is 0.971. The highest BCUT2D eigenvalue weighted by Crippen LogP contribution is 1.95. The number of nitrogens with zero attached hydrogens (tertiary/aromatic N) is 1. The maximum atomic E-state index is 4.15. The van der Waals surface area contributed by atoms with Gasteiger partial charge in [-0.25, -0.2) is 0 Å². The molecule has 11 heavy (non-hydrogen) atoms. The summed E-state index contributed by atoms with van der Waals surface area (Å²) in [6.45, 7) is 9.57. The van der Waals surface area contributed by atoms with Gasteiger partial charge in [-0.05, 0) is 32.4 Å². The van der Waals surface area contributed by atoms with Crippen molar-refractivity contribution in [2.75, 3.05) is 0 Å². The van der Waals surface area contributed by atoms with Gasteiger partial charge in [0.05, 0.1) is 0 Å². The molecule has 0 atom stereocenters. The first-order valence-electron chi connectivity index (χ1n) is 3.66. The molecule has 0 rings (SSSR count). The van der Waals surface area contributed by atoms with Gasteiger partial charge in [-0.15, -0.1) is 0 Å². The molecule has 0 aromatic rings. The number of hydrogen-bond acceptors (Lipinski definition) is 1. The summed E-state index contributed by atoms with van der Waals surface area (Å²) in [5.74, 6) is 0. The molecule has 0 amide bonds. The van der Waals surface area contributed by atoms with Gasteiger partial charge in [-0.2, -0.15) is 0 Å². The lowest BCUT2D eigenvalue weighted by Crippen LogP contribution is -1.74. The fourth-order valence-corrected chi connectivity index (χ4v) is 0.491. The van der Waals surface area contributed by atoms with Gasteiger partial charge in [0.25, 0.3) is 0 Å². The molecule has 1 nitrogen and oxygen atoms in total. The van der Waals surface area contributed by atoms with Gasteiger partial charge in [0, 0.05) is 11.9 Å². The first kappa shape index (κ1) is 9.89. The van der Waals surface area contributed by atoms with E-state index < -0.39 is 0 Å². The highest BCUT2D eigenvalue weighted by molar-refractivity contribution is 5.77. The average molecular weight is 149 g/mol. The van der Waals surface area contributed by atoms with E-state index in [1.807, 2.05) is 39.0 Å². The molecule has 0 heterocycles. The Kier molecular flexibility index (Phi) is 5.09. The molecule has 0 spiro atoms. The first-order valence-corrected chi connectivity index (χ1v) is 3.66. The van der Waals surface area contributed by atoms with Gasteiger partial charge in [-0.3, -0.25) is 4.99 Å². The van der Waals surface area contributed by atoms with Crippen molar-refractivity contribution in [2.45, 2.75) is 20.8 Å². The molecule has 0 saturated heterocycles. The molecule has 0 unspecified atom stereocenters. The Labute approximate surface area is 68.9 Å². The standard InChI is InChI=1S/C10H15N/c1-5-6-7-10(4)11-8-9(2)3/h5-8H,2H2,1,3-4H3/b6-5-,10-7+,11-8?. The van der Waals surface area contributed by atoms with Crippen LogP contribution in [-0.4, -0.2) is 6.21 Å². The van der Waals surface area contributed by atoms with Crippen LogP contribution < -0.4 is 0 Å². The quantitative estimate of drug-likeness (QED) is 0.432. The predicted molar refractivity (Wildman–Crippen MR) is 51.9 cm³/mol. The Balaban J connectivity index is 4.05. The number of allylic oxidation sites excluding steroid dienone is 5. The number of hydrogen-bond donors (Lipinski definition) is 0. The molecule has 60 valence electrons. The Bertz CT molecular complexity index is 207. The van der Waals surface area contributed by atoms with Crippen molar-refractivity contribution in [2.24, 2.45) is 4.99 Å². The molecule has 1 heteroatoms. The van der Waals surface area contributed by atoms with Crippen molar-refractivity contribution < 1.29 is 0 Å². The molecule has 0 aliphatic carbocycles. The zero-order valence-electron chi connectivity index (χ0n) is 7.46. The normalized spacial score (nSPS) is 13.2. The van der Waals surface area contributed by atoms with Crippen LogP contribution in [0.15, 0.2) is 41.1 Å². The van der Waals surface area contributed by atoms with Gasteiger partial charge < -0.3 is 0 Å². The van der Waals surface area contributed by atoms with E-state index in [2.05, 4.69) is 11.6 Å². The Morgan fingerprint density at radius 2 is 2.00 bits per heavy atom. The molecule has 0 fully saturated rings. The van der Waals surface area contributed by atoms with Crippen LogP contribution in [0.2, 0.25) is 0 Å². The predicted octanol–water partition coefficient (Wildman–Crippen LogP) is 3.11. The van der Waals surface area contributed by atoms with E-state index in [0.717, 1.165) is 11.3 Å². The van der Waals surface area contributed by atoms with Gasteiger partial charge in [0.15, 0.2) is 0 Å². The second kappa shape index (κ2) is 5.66. The van der Waals surface area contributed by atoms with E-state index >= 15 is 0 Å².